The maximum atomic E-state index is 12.0. The molecule has 16 heavy (non-hydrogen) atoms. The van der Waals surface area contributed by atoms with Crippen molar-refractivity contribution < 1.29 is 9.53 Å². The molecule has 1 unspecified atom stereocenters. The lowest BCUT2D eigenvalue weighted by atomic mass is 10.1. The van der Waals surface area contributed by atoms with E-state index in [1.165, 1.54) is 0 Å². The molecule has 0 aromatic carbocycles. The smallest absolute Gasteiger partial charge is 0.183 e. The lowest BCUT2D eigenvalue weighted by Gasteiger charge is -2.09. The second-order valence-electron chi connectivity index (χ2n) is 4.20. The van der Waals surface area contributed by atoms with Crippen molar-refractivity contribution in [2.24, 2.45) is 0 Å². The summed E-state index contributed by atoms with van der Waals surface area (Å²) in [6.07, 6.45) is 5.38. The van der Waals surface area contributed by atoms with Crippen molar-refractivity contribution in [3.63, 3.8) is 0 Å². The van der Waals surface area contributed by atoms with Gasteiger partial charge in [0.15, 0.2) is 5.78 Å². The molecule has 0 aliphatic carbocycles. The van der Waals surface area contributed by atoms with Crippen molar-refractivity contribution in [2.45, 2.75) is 45.3 Å². The van der Waals surface area contributed by atoms with E-state index in [1.54, 1.807) is 16.9 Å². The molecule has 1 fully saturated rings. The molecule has 1 aromatic heterocycles. The zero-order chi connectivity index (χ0) is 11.4. The normalized spacial score (nSPS) is 20.2. The third-order valence-electron chi connectivity index (χ3n) is 2.87. The summed E-state index contributed by atoms with van der Waals surface area (Å²) in [5.41, 5.74) is 0.720. The maximum Gasteiger partial charge on any atom is 0.183 e. The first-order valence-corrected chi connectivity index (χ1v) is 5.98. The van der Waals surface area contributed by atoms with Gasteiger partial charge in [0.25, 0.3) is 0 Å². The van der Waals surface area contributed by atoms with E-state index in [9.17, 15) is 4.79 Å². The number of hydrogen-bond acceptors (Lipinski definition) is 3. The Labute approximate surface area is 95.6 Å². The van der Waals surface area contributed by atoms with Crippen LogP contribution in [-0.4, -0.2) is 28.3 Å². The molecule has 0 radical (unpaired) electrons. The fourth-order valence-corrected chi connectivity index (χ4v) is 2.08. The minimum atomic E-state index is 0.123. The van der Waals surface area contributed by atoms with Gasteiger partial charge in [0.05, 0.1) is 6.10 Å². The van der Waals surface area contributed by atoms with Crippen molar-refractivity contribution in [3.8, 4) is 0 Å². The number of carbonyl (C=O) groups is 1. The minimum Gasteiger partial charge on any atom is -0.378 e. The van der Waals surface area contributed by atoms with Crippen LogP contribution in [0.1, 0.15) is 43.1 Å². The molecule has 0 spiro atoms. The molecule has 2 rings (SSSR count). The summed E-state index contributed by atoms with van der Waals surface area (Å²) >= 11 is 0. The van der Waals surface area contributed by atoms with E-state index in [4.69, 9.17) is 4.74 Å². The van der Waals surface area contributed by atoms with Gasteiger partial charge >= 0.3 is 0 Å². The van der Waals surface area contributed by atoms with Crippen molar-refractivity contribution in [2.75, 3.05) is 6.61 Å². The van der Waals surface area contributed by atoms with Gasteiger partial charge in [-0.2, -0.15) is 5.10 Å². The quantitative estimate of drug-likeness (QED) is 0.716. The number of carbonyl (C=O) groups excluding carboxylic acids is 1. The Morgan fingerprint density at radius 3 is 3.25 bits per heavy atom. The van der Waals surface area contributed by atoms with E-state index in [2.05, 4.69) is 12.0 Å². The molecule has 1 saturated heterocycles. The zero-order valence-electron chi connectivity index (χ0n) is 9.69. The molecule has 1 atom stereocenters. The van der Waals surface area contributed by atoms with Gasteiger partial charge in [-0.15, -0.1) is 0 Å². The Morgan fingerprint density at radius 2 is 2.56 bits per heavy atom. The van der Waals surface area contributed by atoms with Gasteiger partial charge in [-0.3, -0.25) is 9.48 Å². The summed E-state index contributed by atoms with van der Waals surface area (Å²) in [6, 6.07) is 1.80. The average Bonchev–Trinajstić information content (AvgIpc) is 2.89. The third kappa shape index (κ3) is 2.50. The Balaban J connectivity index is 1.99. The number of aryl methyl sites for hydroxylation is 1. The van der Waals surface area contributed by atoms with Gasteiger partial charge < -0.3 is 4.74 Å². The van der Waals surface area contributed by atoms with E-state index in [0.29, 0.717) is 6.42 Å². The number of ketones is 1. The minimum absolute atomic E-state index is 0.123. The zero-order valence-corrected chi connectivity index (χ0v) is 9.69. The van der Waals surface area contributed by atoms with Crippen LogP contribution in [0.3, 0.4) is 0 Å². The molecule has 0 N–H and O–H groups in total. The summed E-state index contributed by atoms with van der Waals surface area (Å²) in [6.45, 7) is 3.68. The Morgan fingerprint density at radius 1 is 1.69 bits per heavy atom. The molecule has 4 heteroatoms. The molecule has 0 saturated carbocycles. The number of nitrogens with zero attached hydrogens (tertiary/aromatic N) is 2. The third-order valence-corrected chi connectivity index (χ3v) is 2.87. The second kappa shape index (κ2) is 5.25. The monoisotopic (exact) mass is 222 g/mol. The number of hydrogen-bond donors (Lipinski definition) is 0. The van der Waals surface area contributed by atoms with Crippen molar-refractivity contribution in [3.05, 3.63) is 18.0 Å². The highest BCUT2D eigenvalue weighted by Gasteiger charge is 2.21. The van der Waals surface area contributed by atoms with E-state index in [0.717, 1.165) is 38.1 Å². The molecule has 4 nitrogen and oxygen atoms in total. The molecule has 0 bridgehead atoms. The number of Topliss-reactive ketones (excluding diaryl/α,β-unsaturated/α-hetero) is 1. The largest absolute Gasteiger partial charge is 0.378 e. The first-order valence-electron chi connectivity index (χ1n) is 5.98. The van der Waals surface area contributed by atoms with E-state index in [-0.39, 0.29) is 11.9 Å². The van der Waals surface area contributed by atoms with Crippen molar-refractivity contribution >= 4 is 5.78 Å². The molecule has 2 heterocycles. The summed E-state index contributed by atoms with van der Waals surface area (Å²) in [7, 11) is 0. The molecule has 0 amide bonds. The van der Waals surface area contributed by atoms with E-state index in [1.807, 2.05) is 0 Å². The molecule has 1 aromatic rings. The van der Waals surface area contributed by atoms with Crippen LogP contribution >= 0.6 is 0 Å². The number of ether oxygens (including phenoxy) is 1. The summed E-state index contributed by atoms with van der Waals surface area (Å²) in [4.78, 5) is 12.0. The fraction of sp³-hybridized carbons (Fsp3) is 0.667. The summed E-state index contributed by atoms with van der Waals surface area (Å²) < 4.78 is 7.26. The van der Waals surface area contributed by atoms with Crippen molar-refractivity contribution in [1.82, 2.24) is 9.78 Å². The lowest BCUT2D eigenvalue weighted by molar-refractivity contribution is 0.0767. The molecular formula is C12H18N2O2. The predicted octanol–water partition coefficient (Wildman–Crippen LogP) is 2.04. The van der Waals surface area contributed by atoms with Gasteiger partial charge in [0.2, 0.25) is 0 Å². The van der Waals surface area contributed by atoms with Crippen LogP contribution in [0.4, 0.5) is 0 Å². The van der Waals surface area contributed by atoms with Crippen molar-refractivity contribution in [1.29, 1.82) is 0 Å². The molecule has 1 aliphatic heterocycles. The van der Waals surface area contributed by atoms with Gasteiger partial charge in [-0.25, -0.2) is 0 Å². The lowest BCUT2D eigenvalue weighted by Crippen LogP contribution is -2.16. The van der Waals surface area contributed by atoms with Crippen LogP contribution in [0, 0.1) is 0 Å². The standard InChI is InChI=1S/C12H18N2O2/c1-2-7-14-11(5-6-13-14)12(15)9-10-4-3-8-16-10/h5-6,10H,2-4,7-9H2,1H3. The van der Waals surface area contributed by atoms with Crippen LogP contribution in [0.5, 0.6) is 0 Å². The van der Waals surface area contributed by atoms with Gasteiger partial charge in [0.1, 0.15) is 5.69 Å². The first kappa shape index (κ1) is 11.3. The number of rotatable bonds is 5. The maximum absolute atomic E-state index is 12.0. The SMILES string of the molecule is CCCn1nccc1C(=O)CC1CCCO1. The molecule has 1 aliphatic rings. The predicted molar refractivity (Wildman–Crippen MR) is 60.4 cm³/mol. The highest BCUT2D eigenvalue weighted by atomic mass is 16.5. The summed E-state index contributed by atoms with van der Waals surface area (Å²) in [5, 5.41) is 4.16. The van der Waals surface area contributed by atoms with Crippen LogP contribution < -0.4 is 0 Å². The molecular weight excluding hydrogens is 204 g/mol. The van der Waals surface area contributed by atoms with Crippen LogP contribution in [0.15, 0.2) is 12.3 Å². The van der Waals surface area contributed by atoms with E-state index < -0.39 is 0 Å². The first-order chi connectivity index (χ1) is 7.81. The van der Waals surface area contributed by atoms with Gasteiger partial charge in [-0.1, -0.05) is 6.92 Å². The van der Waals surface area contributed by atoms with Crippen LogP contribution in [-0.2, 0) is 11.3 Å². The average molecular weight is 222 g/mol. The van der Waals surface area contributed by atoms with Crippen LogP contribution in [0.25, 0.3) is 0 Å². The molecule has 88 valence electrons. The fourth-order valence-electron chi connectivity index (χ4n) is 2.08. The van der Waals surface area contributed by atoms with Crippen LogP contribution in [0.2, 0.25) is 0 Å². The Kier molecular flexibility index (Phi) is 3.72. The van der Waals surface area contributed by atoms with Gasteiger partial charge in [-0.05, 0) is 25.3 Å². The van der Waals surface area contributed by atoms with Gasteiger partial charge in [0, 0.05) is 25.8 Å². The van der Waals surface area contributed by atoms with E-state index >= 15 is 0 Å². The second-order valence-corrected chi connectivity index (χ2v) is 4.20. The highest BCUT2D eigenvalue weighted by molar-refractivity contribution is 5.94. The highest BCUT2D eigenvalue weighted by Crippen LogP contribution is 2.17. The Hall–Kier alpha value is -1.16. The Bertz CT molecular complexity index is 354. The number of aromatic nitrogens is 2. The summed E-state index contributed by atoms with van der Waals surface area (Å²) in [5.74, 6) is 0.151. The topological polar surface area (TPSA) is 44.1 Å².